The second-order valence-electron chi connectivity index (χ2n) is 1.41. The number of halogens is 1. The summed E-state index contributed by atoms with van der Waals surface area (Å²) in [5, 5.41) is 5.78. The van der Waals surface area contributed by atoms with E-state index in [1.165, 1.54) is 0 Å². The number of hydrogen-bond donors (Lipinski definition) is 2. The van der Waals surface area contributed by atoms with E-state index in [4.69, 9.17) is 3.07 Å². The molecule has 0 aliphatic rings. The van der Waals surface area contributed by atoms with E-state index in [1.807, 2.05) is 17.3 Å². The van der Waals surface area contributed by atoms with E-state index in [0.717, 1.165) is 5.82 Å². The van der Waals surface area contributed by atoms with Gasteiger partial charge in [-0.05, 0) is 0 Å². The van der Waals surface area contributed by atoms with Crippen LogP contribution in [0.1, 0.15) is 0 Å². The van der Waals surface area contributed by atoms with Crippen LogP contribution in [0.4, 0.5) is 0 Å². The average molecular weight is 255 g/mol. The molecule has 60 valence electrons. The Kier molecular flexibility index (Phi) is 6.73. The minimum atomic E-state index is -0.221. The Morgan fingerprint density at radius 2 is 2.40 bits per heavy atom. The Balaban J connectivity index is 3.25. The third-order valence-corrected chi connectivity index (χ3v) is 1.92. The summed E-state index contributed by atoms with van der Waals surface area (Å²) in [6, 6.07) is 0. The third kappa shape index (κ3) is 5.90. The SMILES string of the molecule is C=C(NC)N/C=C/[I-]OC. The molecule has 0 amide bonds. The van der Waals surface area contributed by atoms with Crippen molar-refractivity contribution in [2.75, 3.05) is 14.2 Å². The molecule has 0 aromatic carbocycles. The standard InChI is InChI=1S/C6H12IN2O/c1-6(8-2)9-5-4-7-10-3/h4-5,8-9H,1H2,2-3H3/q-1/b5-4+. The molecule has 0 aromatic heterocycles. The topological polar surface area (TPSA) is 33.3 Å². The fourth-order valence-corrected chi connectivity index (χ4v) is 0.902. The predicted molar refractivity (Wildman–Crippen MR) is 37.5 cm³/mol. The Bertz CT molecular complexity index is 125. The van der Waals surface area contributed by atoms with Gasteiger partial charge in [0.25, 0.3) is 0 Å². The molecule has 0 aliphatic heterocycles. The van der Waals surface area contributed by atoms with Crippen LogP contribution in [0.3, 0.4) is 0 Å². The van der Waals surface area contributed by atoms with Gasteiger partial charge in [0, 0.05) is 0 Å². The van der Waals surface area contributed by atoms with Crippen molar-refractivity contribution in [2.24, 2.45) is 0 Å². The van der Waals surface area contributed by atoms with Crippen molar-refractivity contribution in [3.63, 3.8) is 0 Å². The molecule has 0 radical (unpaired) electrons. The normalized spacial score (nSPS) is 10.2. The molecule has 2 N–H and O–H groups in total. The van der Waals surface area contributed by atoms with Crippen LogP contribution in [-0.4, -0.2) is 14.2 Å². The summed E-state index contributed by atoms with van der Waals surface area (Å²) >= 11 is -0.221. The first-order chi connectivity index (χ1) is 4.81. The predicted octanol–water partition coefficient (Wildman–Crippen LogP) is -2.61. The molecule has 0 saturated heterocycles. The van der Waals surface area contributed by atoms with Crippen molar-refractivity contribution in [2.45, 2.75) is 0 Å². The van der Waals surface area contributed by atoms with E-state index in [9.17, 15) is 0 Å². The van der Waals surface area contributed by atoms with Crippen LogP contribution in [-0.2, 0) is 3.07 Å². The zero-order valence-electron chi connectivity index (χ0n) is 6.15. The summed E-state index contributed by atoms with van der Waals surface area (Å²) in [6.45, 7) is 3.67. The summed E-state index contributed by atoms with van der Waals surface area (Å²) in [7, 11) is 3.51. The first-order valence-corrected chi connectivity index (χ1v) is 4.88. The molecular weight excluding hydrogens is 243 g/mol. The number of nitrogens with one attached hydrogen (secondary N) is 2. The quantitative estimate of drug-likeness (QED) is 0.528. The molecule has 0 rings (SSSR count). The second-order valence-corrected chi connectivity index (χ2v) is 3.52. The van der Waals surface area contributed by atoms with Gasteiger partial charge in [-0.1, -0.05) is 0 Å². The van der Waals surface area contributed by atoms with Gasteiger partial charge in [0.1, 0.15) is 0 Å². The van der Waals surface area contributed by atoms with Crippen molar-refractivity contribution >= 4 is 0 Å². The van der Waals surface area contributed by atoms with Gasteiger partial charge in [0.15, 0.2) is 0 Å². The molecule has 0 heterocycles. The van der Waals surface area contributed by atoms with Crippen LogP contribution in [0.15, 0.2) is 22.7 Å². The molecule has 0 unspecified atom stereocenters. The molecule has 0 bridgehead atoms. The summed E-state index contributed by atoms with van der Waals surface area (Å²) in [5.41, 5.74) is 0. The molecular formula is C6H12IN2O-. The summed E-state index contributed by atoms with van der Waals surface area (Å²) in [4.78, 5) is 0. The van der Waals surface area contributed by atoms with Crippen molar-refractivity contribution in [1.82, 2.24) is 10.6 Å². The molecule has 0 fully saturated rings. The summed E-state index contributed by atoms with van der Waals surface area (Å²) in [6.07, 6.45) is 1.83. The monoisotopic (exact) mass is 255 g/mol. The van der Waals surface area contributed by atoms with E-state index in [1.54, 1.807) is 7.11 Å². The Labute approximate surface area is 72.3 Å². The fourth-order valence-electron chi connectivity index (χ4n) is 0.281. The van der Waals surface area contributed by atoms with Gasteiger partial charge in [-0.2, -0.15) is 0 Å². The minimum absolute atomic E-state index is 0.221. The molecule has 0 aromatic rings. The third-order valence-electron chi connectivity index (χ3n) is 0.763. The number of rotatable bonds is 5. The van der Waals surface area contributed by atoms with E-state index in [-0.39, 0.29) is 21.6 Å². The van der Waals surface area contributed by atoms with Gasteiger partial charge in [0.2, 0.25) is 0 Å². The van der Waals surface area contributed by atoms with Gasteiger partial charge in [-0.15, -0.1) is 0 Å². The second kappa shape index (κ2) is 6.88. The van der Waals surface area contributed by atoms with Crippen molar-refractivity contribution in [3.8, 4) is 0 Å². The average Bonchev–Trinajstić information content (AvgIpc) is 1.98. The van der Waals surface area contributed by atoms with Crippen molar-refractivity contribution in [3.05, 3.63) is 22.7 Å². The van der Waals surface area contributed by atoms with E-state index in [2.05, 4.69) is 17.2 Å². The Morgan fingerprint density at radius 3 is 2.90 bits per heavy atom. The van der Waals surface area contributed by atoms with Gasteiger partial charge >= 0.3 is 72.2 Å². The van der Waals surface area contributed by atoms with Gasteiger partial charge in [0.05, 0.1) is 0 Å². The van der Waals surface area contributed by atoms with Gasteiger partial charge < -0.3 is 0 Å². The van der Waals surface area contributed by atoms with Crippen LogP contribution < -0.4 is 32.3 Å². The van der Waals surface area contributed by atoms with Crippen LogP contribution in [0.25, 0.3) is 0 Å². The molecule has 0 spiro atoms. The maximum absolute atomic E-state index is 4.89. The first-order valence-electron chi connectivity index (χ1n) is 2.76. The van der Waals surface area contributed by atoms with Gasteiger partial charge in [-0.3, -0.25) is 0 Å². The van der Waals surface area contributed by atoms with E-state index >= 15 is 0 Å². The first kappa shape index (κ1) is 9.77. The zero-order chi connectivity index (χ0) is 7.82. The molecule has 0 atom stereocenters. The van der Waals surface area contributed by atoms with Crippen LogP contribution in [0.2, 0.25) is 0 Å². The maximum atomic E-state index is 4.89. The van der Waals surface area contributed by atoms with Crippen molar-refractivity contribution in [1.29, 1.82) is 0 Å². The van der Waals surface area contributed by atoms with Crippen LogP contribution in [0, 0.1) is 0 Å². The Morgan fingerprint density at radius 1 is 1.70 bits per heavy atom. The van der Waals surface area contributed by atoms with Crippen LogP contribution in [0.5, 0.6) is 0 Å². The zero-order valence-corrected chi connectivity index (χ0v) is 8.31. The fraction of sp³-hybridized carbons (Fsp3) is 0.333. The van der Waals surface area contributed by atoms with Gasteiger partial charge in [-0.25, -0.2) is 0 Å². The molecule has 0 saturated carbocycles. The molecule has 4 heteroatoms. The molecule has 0 aliphatic carbocycles. The molecule has 10 heavy (non-hydrogen) atoms. The summed E-state index contributed by atoms with van der Waals surface area (Å²) < 4.78 is 6.86. The van der Waals surface area contributed by atoms with E-state index in [0.29, 0.717) is 0 Å². The Hall–Kier alpha value is -0.230. The number of hydrogen-bond acceptors (Lipinski definition) is 3. The van der Waals surface area contributed by atoms with E-state index < -0.39 is 0 Å². The molecule has 3 nitrogen and oxygen atoms in total. The van der Waals surface area contributed by atoms with Crippen LogP contribution >= 0.6 is 0 Å². The van der Waals surface area contributed by atoms with Crippen molar-refractivity contribution < 1.29 is 24.7 Å². The summed E-state index contributed by atoms with van der Waals surface area (Å²) in [5.74, 6) is 0.788.